The summed E-state index contributed by atoms with van der Waals surface area (Å²) in [5, 5.41) is 0. The second kappa shape index (κ2) is 4.75. The molecular formula is C12H6F4N2O. The van der Waals surface area contributed by atoms with Gasteiger partial charge in [0.25, 0.3) is 0 Å². The first-order valence-corrected chi connectivity index (χ1v) is 5.06. The fraction of sp³-hybridized carbons (Fsp3) is 0.0833. The summed E-state index contributed by atoms with van der Waals surface area (Å²) >= 11 is 0. The van der Waals surface area contributed by atoms with Gasteiger partial charge in [-0.25, -0.2) is 14.4 Å². The van der Waals surface area contributed by atoms with Gasteiger partial charge in [0, 0.05) is 18.0 Å². The largest absolute Gasteiger partial charge is 0.417 e. The summed E-state index contributed by atoms with van der Waals surface area (Å²) in [5.41, 5.74) is -1.36. The number of rotatable bonds is 2. The Labute approximate surface area is 104 Å². The molecule has 0 bridgehead atoms. The Kier molecular flexibility index (Phi) is 3.28. The van der Waals surface area contributed by atoms with Crippen LogP contribution in [0, 0.1) is 5.82 Å². The molecule has 0 fully saturated rings. The third-order valence-electron chi connectivity index (χ3n) is 2.34. The van der Waals surface area contributed by atoms with Crippen molar-refractivity contribution >= 4 is 6.29 Å². The Balaban J connectivity index is 2.57. The Bertz CT molecular complexity index is 608. The van der Waals surface area contributed by atoms with Crippen molar-refractivity contribution in [2.75, 3.05) is 0 Å². The summed E-state index contributed by atoms with van der Waals surface area (Å²) in [6.45, 7) is 0. The Morgan fingerprint density at radius 3 is 2.26 bits per heavy atom. The van der Waals surface area contributed by atoms with Crippen molar-refractivity contribution < 1.29 is 22.4 Å². The SMILES string of the molecule is O=Cc1cnc(-c2ccc(F)cc2C(F)(F)F)nc1. The number of carbonyl (C=O) groups is 1. The maximum atomic E-state index is 12.9. The molecule has 0 radical (unpaired) electrons. The van der Waals surface area contributed by atoms with E-state index in [0.717, 1.165) is 24.5 Å². The van der Waals surface area contributed by atoms with Crippen molar-refractivity contribution in [2.24, 2.45) is 0 Å². The minimum Gasteiger partial charge on any atom is -0.298 e. The van der Waals surface area contributed by atoms with Crippen molar-refractivity contribution in [3.05, 3.63) is 47.5 Å². The second-order valence-corrected chi connectivity index (χ2v) is 3.65. The lowest BCUT2D eigenvalue weighted by atomic mass is 10.1. The average Bonchev–Trinajstić information content (AvgIpc) is 2.38. The van der Waals surface area contributed by atoms with E-state index in [2.05, 4.69) is 9.97 Å². The fourth-order valence-electron chi connectivity index (χ4n) is 1.48. The van der Waals surface area contributed by atoms with E-state index >= 15 is 0 Å². The van der Waals surface area contributed by atoms with Crippen molar-refractivity contribution in [1.82, 2.24) is 9.97 Å². The zero-order valence-electron chi connectivity index (χ0n) is 9.28. The zero-order valence-corrected chi connectivity index (χ0v) is 9.28. The predicted molar refractivity (Wildman–Crippen MR) is 57.8 cm³/mol. The van der Waals surface area contributed by atoms with Crippen LogP contribution < -0.4 is 0 Å². The third-order valence-corrected chi connectivity index (χ3v) is 2.34. The molecule has 7 heteroatoms. The average molecular weight is 270 g/mol. The number of aromatic nitrogens is 2. The van der Waals surface area contributed by atoms with Gasteiger partial charge in [0.1, 0.15) is 5.82 Å². The molecular weight excluding hydrogens is 264 g/mol. The van der Waals surface area contributed by atoms with E-state index in [1.54, 1.807) is 0 Å². The van der Waals surface area contributed by atoms with Crippen LogP contribution in [-0.4, -0.2) is 16.3 Å². The van der Waals surface area contributed by atoms with Gasteiger partial charge in [-0.1, -0.05) is 0 Å². The van der Waals surface area contributed by atoms with E-state index < -0.39 is 17.6 Å². The van der Waals surface area contributed by atoms with Crippen LogP contribution in [0.4, 0.5) is 17.6 Å². The van der Waals surface area contributed by atoms with Gasteiger partial charge in [-0.15, -0.1) is 0 Å². The van der Waals surface area contributed by atoms with Gasteiger partial charge >= 0.3 is 6.18 Å². The van der Waals surface area contributed by atoms with Gasteiger partial charge in [0.15, 0.2) is 12.1 Å². The molecule has 0 aliphatic carbocycles. The summed E-state index contributed by atoms with van der Waals surface area (Å²) in [5.74, 6) is -1.22. The van der Waals surface area contributed by atoms with Gasteiger partial charge in [-0.3, -0.25) is 4.79 Å². The lowest BCUT2D eigenvalue weighted by Crippen LogP contribution is -2.09. The lowest BCUT2D eigenvalue weighted by Gasteiger charge is -2.11. The fourth-order valence-corrected chi connectivity index (χ4v) is 1.48. The molecule has 1 aromatic heterocycles. The van der Waals surface area contributed by atoms with Crippen molar-refractivity contribution in [3.63, 3.8) is 0 Å². The highest BCUT2D eigenvalue weighted by atomic mass is 19.4. The number of hydrogen-bond acceptors (Lipinski definition) is 3. The standard InChI is InChI=1S/C12H6F4N2O/c13-8-1-2-9(10(3-8)12(14,15)16)11-17-4-7(6-19)5-18-11/h1-6H. The lowest BCUT2D eigenvalue weighted by molar-refractivity contribution is -0.137. The topological polar surface area (TPSA) is 42.9 Å². The van der Waals surface area contributed by atoms with Gasteiger partial charge < -0.3 is 0 Å². The van der Waals surface area contributed by atoms with E-state index in [-0.39, 0.29) is 17.0 Å². The molecule has 0 atom stereocenters. The minimum atomic E-state index is -4.72. The monoisotopic (exact) mass is 270 g/mol. The molecule has 0 aliphatic heterocycles. The number of aldehydes is 1. The summed E-state index contributed by atoms with van der Waals surface area (Å²) in [4.78, 5) is 17.7. The highest BCUT2D eigenvalue weighted by molar-refractivity contribution is 5.74. The normalized spacial score (nSPS) is 11.4. The van der Waals surface area contributed by atoms with Crippen LogP contribution in [0.3, 0.4) is 0 Å². The number of nitrogens with zero attached hydrogens (tertiary/aromatic N) is 2. The quantitative estimate of drug-likeness (QED) is 0.622. The maximum Gasteiger partial charge on any atom is 0.417 e. The molecule has 0 N–H and O–H groups in total. The van der Waals surface area contributed by atoms with Crippen LogP contribution >= 0.6 is 0 Å². The minimum absolute atomic E-state index is 0.138. The van der Waals surface area contributed by atoms with Crippen LogP contribution in [-0.2, 0) is 6.18 Å². The first-order valence-electron chi connectivity index (χ1n) is 5.06. The first kappa shape index (κ1) is 13.1. The molecule has 1 aromatic carbocycles. The molecule has 2 rings (SSSR count). The summed E-state index contributed by atoms with van der Waals surface area (Å²) < 4.78 is 51.3. The molecule has 3 nitrogen and oxygen atoms in total. The van der Waals surface area contributed by atoms with Crippen molar-refractivity contribution in [2.45, 2.75) is 6.18 Å². The predicted octanol–water partition coefficient (Wildman–Crippen LogP) is 3.11. The molecule has 98 valence electrons. The van der Waals surface area contributed by atoms with Gasteiger partial charge in [-0.05, 0) is 18.2 Å². The van der Waals surface area contributed by atoms with Crippen LogP contribution in [0.15, 0.2) is 30.6 Å². The summed E-state index contributed by atoms with van der Waals surface area (Å²) in [7, 11) is 0. The number of carbonyl (C=O) groups excluding carboxylic acids is 1. The van der Waals surface area contributed by atoms with E-state index in [1.807, 2.05) is 0 Å². The summed E-state index contributed by atoms with van der Waals surface area (Å²) in [6.07, 6.45) is -2.05. The van der Waals surface area contributed by atoms with Crippen LogP contribution in [0.5, 0.6) is 0 Å². The van der Waals surface area contributed by atoms with Crippen LogP contribution in [0.25, 0.3) is 11.4 Å². The Morgan fingerprint density at radius 1 is 1.11 bits per heavy atom. The number of hydrogen-bond donors (Lipinski definition) is 0. The molecule has 1 heterocycles. The highest BCUT2D eigenvalue weighted by Crippen LogP contribution is 2.36. The first-order chi connectivity index (χ1) is 8.91. The second-order valence-electron chi connectivity index (χ2n) is 3.65. The molecule has 0 amide bonds. The number of benzene rings is 1. The van der Waals surface area contributed by atoms with Gasteiger partial charge in [0.05, 0.1) is 11.1 Å². The van der Waals surface area contributed by atoms with Crippen molar-refractivity contribution in [1.29, 1.82) is 0 Å². The third kappa shape index (κ3) is 2.75. The molecule has 0 unspecified atom stereocenters. The number of halogens is 4. The van der Waals surface area contributed by atoms with E-state index in [4.69, 9.17) is 0 Å². The van der Waals surface area contributed by atoms with Crippen LogP contribution in [0.1, 0.15) is 15.9 Å². The van der Waals surface area contributed by atoms with Gasteiger partial charge in [0.2, 0.25) is 0 Å². The zero-order chi connectivity index (χ0) is 14.0. The maximum absolute atomic E-state index is 12.9. The van der Waals surface area contributed by atoms with E-state index in [1.165, 1.54) is 0 Å². The van der Waals surface area contributed by atoms with E-state index in [0.29, 0.717) is 12.4 Å². The van der Waals surface area contributed by atoms with E-state index in [9.17, 15) is 22.4 Å². The molecule has 0 spiro atoms. The molecule has 0 saturated carbocycles. The highest BCUT2D eigenvalue weighted by Gasteiger charge is 2.34. The van der Waals surface area contributed by atoms with Crippen LogP contribution in [0.2, 0.25) is 0 Å². The molecule has 19 heavy (non-hydrogen) atoms. The van der Waals surface area contributed by atoms with Gasteiger partial charge in [-0.2, -0.15) is 13.2 Å². The summed E-state index contributed by atoms with van der Waals surface area (Å²) in [6, 6.07) is 2.22. The molecule has 2 aromatic rings. The van der Waals surface area contributed by atoms with Crippen molar-refractivity contribution in [3.8, 4) is 11.4 Å². The Morgan fingerprint density at radius 2 is 1.74 bits per heavy atom. The smallest absolute Gasteiger partial charge is 0.298 e. The molecule has 0 saturated heterocycles. The number of alkyl halides is 3. The Hall–Kier alpha value is -2.31. The molecule has 0 aliphatic rings.